The molecule has 5 heteroatoms. The van der Waals surface area contributed by atoms with E-state index in [1.807, 2.05) is 0 Å². The third kappa shape index (κ3) is 3.23. The lowest BCUT2D eigenvalue weighted by Gasteiger charge is -2.05. The van der Waals surface area contributed by atoms with Crippen LogP contribution in [0.3, 0.4) is 0 Å². The third-order valence-corrected chi connectivity index (χ3v) is 4.20. The minimum absolute atomic E-state index is 0.0225. The van der Waals surface area contributed by atoms with Crippen LogP contribution in [0.5, 0.6) is 0 Å². The van der Waals surface area contributed by atoms with Gasteiger partial charge in [0.2, 0.25) is 0 Å². The van der Waals surface area contributed by atoms with Crippen LogP contribution >= 0.6 is 15.9 Å². The molecule has 2 aromatic carbocycles. The summed E-state index contributed by atoms with van der Waals surface area (Å²) < 4.78 is 39.2. The molecule has 0 aliphatic rings. The van der Waals surface area contributed by atoms with E-state index in [0.717, 1.165) is 4.47 Å². The van der Waals surface area contributed by atoms with Crippen molar-refractivity contribution in [3.8, 4) is 0 Å². The van der Waals surface area contributed by atoms with Crippen LogP contribution in [0, 0.1) is 11.6 Å². The van der Waals surface area contributed by atoms with Crippen molar-refractivity contribution in [2.24, 2.45) is 0 Å². The fraction of sp³-hybridized carbons (Fsp3) is 0.0769. The monoisotopic (exact) mass is 330 g/mol. The highest BCUT2D eigenvalue weighted by Crippen LogP contribution is 2.19. The molecule has 94 valence electrons. The van der Waals surface area contributed by atoms with Crippen LogP contribution in [0.2, 0.25) is 0 Å². The molecule has 0 aromatic heterocycles. The van der Waals surface area contributed by atoms with Gasteiger partial charge in [-0.15, -0.1) is 0 Å². The smallest absolute Gasteiger partial charge is 0.127 e. The molecule has 0 spiro atoms. The van der Waals surface area contributed by atoms with Gasteiger partial charge in [-0.1, -0.05) is 22.0 Å². The Morgan fingerprint density at radius 1 is 1.11 bits per heavy atom. The molecule has 1 atom stereocenters. The van der Waals surface area contributed by atoms with Crippen molar-refractivity contribution in [2.75, 3.05) is 0 Å². The summed E-state index contributed by atoms with van der Waals surface area (Å²) in [4.78, 5) is 0.356. The van der Waals surface area contributed by atoms with Crippen molar-refractivity contribution in [3.63, 3.8) is 0 Å². The zero-order valence-corrected chi connectivity index (χ0v) is 11.6. The van der Waals surface area contributed by atoms with Gasteiger partial charge in [0.25, 0.3) is 0 Å². The molecule has 0 aliphatic carbocycles. The lowest BCUT2D eigenvalue weighted by atomic mass is 10.2. The van der Waals surface area contributed by atoms with Crippen molar-refractivity contribution in [1.82, 2.24) is 0 Å². The van der Waals surface area contributed by atoms with Gasteiger partial charge in [-0.3, -0.25) is 4.21 Å². The Morgan fingerprint density at radius 2 is 1.89 bits per heavy atom. The van der Waals surface area contributed by atoms with Crippen LogP contribution in [0.1, 0.15) is 5.56 Å². The van der Waals surface area contributed by atoms with Crippen LogP contribution < -0.4 is 0 Å². The molecule has 0 radical (unpaired) electrons. The summed E-state index contributed by atoms with van der Waals surface area (Å²) in [5.41, 5.74) is 0.340. The fourth-order valence-corrected chi connectivity index (χ4v) is 3.04. The Bertz CT molecular complexity index is 601. The Hall–Kier alpha value is -1.07. The van der Waals surface area contributed by atoms with Gasteiger partial charge in [-0.05, 0) is 36.4 Å². The van der Waals surface area contributed by atoms with Gasteiger partial charge < -0.3 is 0 Å². The van der Waals surface area contributed by atoms with Gasteiger partial charge in [0.15, 0.2) is 0 Å². The molecule has 0 heterocycles. The fourth-order valence-electron chi connectivity index (χ4n) is 1.49. The SMILES string of the molecule is O=S(Cc1cc(Br)ccc1F)c1cccc(F)c1. The highest BCUT2D eigenvalue weighted by Gasteiger charge is 2.10. The van der Waals surface area contributed by atoms with E-state index in [1.54, 1.807) is 18.2 Å². The molecule has 0 aliphatic heterocycles. The molecule has 0 saturated carbocycles. The minimum Gasteiger partial charge on any atom is -0.254 e. The van der Waals surface area contributed by atoms with Gasteiger partial charge in [-0.2, -0.15) is 0 Å². The average Bonchev–Trinajstić information content (AvgIpc) is 2.34. The van der Waals surface area contributed by atoms with Crippen LogP contribution in [0.15, 0.2) is 51.8 Å². The second kappa shape index (κ2) is 5.71. The molecule has 0 amide bonds. The second-order valence-electron chi connectivity index (χ2n) is 3.68. The van der Waals surface area contributed by atoms with E-state index in [0.29, 0.717) is 10.5 Å². The maximum Gasteiger partial charge on any atom is 0.127 e. The predicted molar refractivity (Wildman–Crippen MR) is 70.6 cm³/mol. The largest absolute Gasteiger partial charge is 0.254 e. The van der Waals surface area contributed by atoms with Gasteiger partial charge in [0, 0.05) is 14.9 Å². The zero-order valence-electron chi connectivity index (χ0n) is 9.20. The molecule has 18 heavy (non-hydrogen) atoms. The lowest BCUT2D eigenvalue weighted by molar-refractivity contribution is 0.614. The summed E-state index contributed by atoms with van der Waals surface area (Å²) in [6.45, 7) is 0. The van der Waals surface area contributed by atoms with Crippen LogP contribution in [0.4, 0.5) is 8.78 Å². The van der Waals surface area contributed by atoms with Gasteiger partial charge in [0.1, 0.15) is 11.6 Å². The highest BCUT2D eigenvalue weighted by molar-refractivity contribution is 9.10. The summed E-state index contributed by atoms with van der Waals surface area (Å²) >= 11 is 3.23. The molecule has 0 fully saturated rings. The van der Waals surface area contributed by atoms with Crippen molar-refractivity contribution < 1.29 is 13.0 Å². The first-order chi connectivity index (χ1) is 8.56. The molecular formula is C13H9BrF2OS. The molecule has 0 saturated heterocycles. The van der Waals surface area contributed by atoms with Crippen molar-refractivity contribution in [3.05, 3.63) is 64.1 Å². The molecular weight excluding hydrogens is 322 g/mol. The molecule has 2 rings (SSSR count). The summed E-state index contributed by atoms with van der Waals surface area (Å²) in [6, 6.07) is 9.99. The van der Waals surface area contributed by atoms with E-state index in [4.69, 9.17) is 0 Å². The standard InChI is InChI=1S/C13H9BrF2OS/c14-10-4-5-13(16)9(6-10)8-18(17)12-3-1-2-11(15)7-12/h1-7H,8H2. The third-order valence-electron chi connectivity index (χ3n) is 2.35. The molecule has 0 N–H and O–H groups in total. The average molecular weight is 331 g/mol. The Kier molecular flexibility index (Phi) is 4.24. The van der Waals surface area contributed by atoms with E-state index in [1.165, 1.54) is 24.3 Å². The Balaban J connectivity index is 2.24. The molecule has 0 bridgehead atoms. The van der Waals surface area contributed by atoms with E-state index in [-0.39, 0.29) is 5.75 Å². The summed E-state index contributed by atoms with van der Waals surface area (Å²) in [5, 5.41) is 0. The van der Waals surface area contributed by atoms with E-state index < -0.39 is 22.4 Å². The summed E-state index contributed by atoms with van der Waals surface area (Å²) in [7, 11) is -1.46. The van der Waals surface area contributed by atoms with Crippen molar-refractivity contribution in [2.45, 2.75) is 10.6 Å². The van der Waals surface area contributed by atoms with E-state index >= 15 is 0 Å². The zero-order chi connectivity index (χ0) is 13.1. The van der Waals surface area contributed by atoms with E-state index in [9.17, 15) is 13.0 Å². The maximum atomic E-state index is 13.5. The summed E-state index contributed by atoms with van der Waals surface area (Å²) in [5.74, 6) is -0.840. The topological polar surface area (TPSA) is 17.1 Å². The van der Waals surface area contributed by atoms with Gasteiger partial charge in [0.05, 0.1) is 16.6 Å². The molecule has 2 aromatic rings. The quantitative estimate of drug-likeness (QED) is 0.830. The van der Waals surface area contributed by atoms with Gasteiger partial charge >= 0.3 is 0 Å². The molecule has 1 nitrogen and oxygen atoms in total. The first-order valence-corrected chi connectivity index (χ1v) is 7.25. The molecule has 1 unspecified atom stereocenters. The first kappa shape index (κ1) is 13.4. The van der Waals surface area contributed by atoms with Gasteiger partial charge in [-0.25, -0.2) is 8.78 Å². The van der Waals surface area contributed by atoms with Crippen LogP contribution in [-0.2, 0) is 16.6 Å². The van der Waals surface area contributed by atoms with Crippen molar-refractivity contribution >= 4 is 26.7 Å². The minimum atomic E-state index is -1.46. The Morgan fingerprint density at radius 3 is 2.61 bits per heavy atom. The highest BCUT2D eigenvalue weighted by atomic mass is 79.9. The Labute approximate surface area is 114 Å². The first-order valence-electron chi connectivity index (χ1n) is 5.14. The number of hydrogen-bond donors (Lipinski definition) is 0. The number of hydrogen-bond acceptors (Lipinski definition) is 1. The number of rotatable bonds is 3. The van der Waals surface area contributed by atoms with E-state index in [2.05, 4.69) is 15.9 Å². The number of halogens is 3. The number of benzene rings is 2. The lowest BCUT2D eigenvalue weighted by Crippen LogP contribution is -1.99. The predicted octanol–water partition coefficient (Wildman–Crippen LogP) is 4.04. The normalized spacial score (nSPS) is 12.4. The second-order valence-corrected chi connectivity index (χ2v) is 6.05. The summed E-state index contributed by atoms with van der Waals surface area (Å²) in [6.07, 6.45) is 0. The van der Waals surface area contributed by atoms with Crippen LogP contribution in [0.25, 0.3) is 0 Å². The maximum absolute atomic E-state index is 13.5. The van der Waals surface area contributed by atoms with Crippen LogP contribution in [-0.4, -0.2) is 4.21 Å². The van der Waals surface area contributed by atoms with Crippen molar-refractivity contribution in [1.29, 1.82) is 0 Å².